The van der Waals surface area contributed by atoms with Crippen LogP contribution in [-0.4, -0.2) is 71.5 Å². The maximum Gasteiger partial charge on any atom is 0.262 e. The molecule has 5 rings (SSSR count). The number of amides is 2. The summed E-state index contributed by atoms with van der Waals surface area (Å²) in [5, 5.41) is 6.87. The summed E-state index contributed by atoms with van der Waals surface area (Å²) >= 11 is 0. The predicted molar refractivity (Wildman–Crippen MR) is 110 cm³/mol. The number of benzene rings is 1. The predicted octanol–water partition coefficient (Wildman–Crippen LogP) is 0.676. The molecule has 1 saturated carbocycles. The van der Waals surface area contributed by atoms with E-state index in [1.54, 1.807) is 36.3 Å². The number of hydrogen-bond donors (Lipinski definition) is 1. The zero-order valence-electron chi connectivity index (χ0n) is 17.0. The van der Waals surface area contributed by atoms with Gasteiger partial charge in [0.15, 0.2) is 10.8 Å². The highest BCUT2D eigenvalue weighted by atomic mass is 32.2. The number of anilines is 1. The van der Waals surface area contributed by atoms with Crippen LogP contribution in [0.1, 0.15) is 23.2 Å². The molecule has 0 radical (unpaired) electrons. The van der Waals surface area contributed by atoms with E-state index in [1.165, 1.54) is 15.1 Å². The third-order valence-corrected chi connectivity index (χ3v) is 7.63. The Morgan fingerprint density at radius 3 is 2.74 bits per heavy atom. The highest BCUT2D eigenvalue weighted by molar-refractivity contribution is 7.89. The zero-order chi connectivity index (χ0) is 21.8. The summed E-state index contributed by atoms with van der Waals surface area (Å²) in [7, 11) is -2.11. The average molecular weight is 446 g/mol. The van der Waals surface area contributed by atoms with Gasteiger partial charge in [-0.3, -0.25) is 14.3 Å². The molecular weight excluding hydrogens is 422 g/mol. The van der Waals surface area contributed by atoms with E-state index in [4.69, 9.17) is 4.74 Å². The molecule has 1 saturated heterocycles. The molecule has 1 aromatic heterocycles. The van der Waals surface area contributed by atoms with Crippen LogP contribution in [0.4, 0.5) is 5.69 Å². The van der Waals surface area contributed by atoms with E-state index >= 15 is 0 Å². The molecule has 3 aliphatic rings. The van der Waals surface area contributed by atoms with E-state index in [1.807, 2.05) is 0 Å². The van der Waals surface area contributed by atoms with Crippen LogP contribution >= 0.6 is 0 Å². The maximum absolute atomic E-state index is 13.2. The molecule has 0 spiro atoms. The smallest absolute Gasteiger partial charge is 0.262 e. The molecule has 1 aliphatic carbocycles. The fraction of sp³-hybridized carbons (Fsp3) is 0.450. The minimum atomic E-state index is -3.76. The Balaban J connectivity index is 1.39. The quantitative estimate of drug-likeness (QED) is 0.740. The van der Waals surface area contributed by atoms with Crippen LogP contribution < -0.4 is 10.1 Å². The second-order valence-corrected chi connectivity index (χ2v) is 9.98. The SMILES string of the molecule is Cn1ccc(S(=O)(=O)N2CCN3C(=O)c4cccc(NC(=O)C5CC5)c4OCC3C2)n1. The topological polar surface area (TPSA) is 114 Å². The van der Waals surface area contributed by atoms with E-state index < -0.39 is 16.1 Å². The number of carbonyl (C=O) groups is 2. The molecule has 2 fully saturated rings. The zero-order valence-corrected chi connectivity index (χ0v) is 17.8. The molecule has 1 aromatic carbocycles. The molecular formula is C20H23N5O5S. The molecule has 3 heterocycles. The molecule has 1 N–H and O–H groups in total. The largest absolute Gasteiger partial charge is 0.488 e. The van der Waals surface area contributed by atoms with Crippen molar-refractivity contribution in [2.75, 3.05) is 31.6 Å². The van der Waals surface area contributed by atoms with Crippen molar-refractivity contribution in [2.24, 2.45) is 13.0 Å². The summed E-state index contributed by atoms with van der Waals surface area (Å²) < 4.78 is 34.7. The number of para-hydroxylation sites is 1. The number of fused-ring (bicyclic) bond motifs is 2. The summed E-state index contributed by atoms with van der Waals surface area (Å²) in [6.07, 6.45) is 3.32. The van der Waals surface area contributed by atoms with Gasteiger partial charge in [0.05, 0.1) is 17.3 Å². The van der Waals surface area contributed by atoms with Gasteiger partial charge in [-0.05, 0) is 31.0 Å². The van der Waals surface area contributed by atoms with Crippen LogP contribution in [0, 0.1) is 5.92 Å². The third-order valence-electron chi connectivity index (χ3n) is 5.87. The summed E-state index contributed by atoms with van der Waals surface area (Å²) in [5.74, 6) is 0.0676. The van der Waals surface area contributed by atoms with E-state index in [-0.39, 0.29) is 49.0 Å². The molecule has 10 nitrogen and oxygen atoms in total. The minimum Gasteiger partial charge on any atom is -0.488 e. The second-order valence-electron chi connectivity index (χ2n) is 8.10. The van der Waals surface area contributed by atoms with Gasteiger partial charge in [-0.15, -0.1) is 0 Å². The average Bonchev–Trinajstić information content (AvgIpc) is 3.53. The molecule has 31 heavy (non-hydrogen) atoms. The Bertz CT molecular complexity index is 1160. The third kappa shape index (κ3) is 3.57. The van der Waals surface area contributed by atoms with Crippen molar-refractivity contribution in [2.45, 2.75) is 23.9 Å². The molecule has 2 amide bonds. The van der Waals surface area contributed by atoms with Crippen LogP contribution in [0.5, 0.6) is 5.75 Å². The maximum atomic E-state index is 13.2. The van der Waals surface area contributed by atoms with Crippen LogP contribution in [0.15, 0.2) is 35.5 Å². The van der Waals surface area contributed by atoms with Crippen LogP contribution in [0.2, 0.25) is 0 Å². The number of aryl methyl sites for hydroxylation is 1. The molecule has 0 bridgehead atoms. The number of nitrogens with one attached hydrogen (secondary N) is 1. The Labute approximate surface area is 179 Å². The lowest BCUT2D eigenvalue weighted by Crippen LogP contribution is -2.57. The lowest BCUT2D eigenvalue weighted by Gasteiger charge is -2.38. The lowest BCUT2D eigenvalue weighted by atomic mass is 10.1. The minimum absolute atomic E-state index is 0.0160. The normalized spacial score (nSPS) is 21.6. The van der Waals surface area contributed by atoms with Gasteiger partial charge in [-0.2, -0.15) is 9.40 Å². The van der Waals surface area contributed by atoms with Gasteiger partial charge in [0, 0.05) is 38.8 Å². The van der Waals surface area contributed by atoms with Crippen molar-refractivity contribution in [1.82, 2.24) is 19.0 Å². The van der Waals surface area contributed by atoms with Gasteiger partial charge in [0.1, 0.15) is 6.61 Å². The summed E-state index contributed by atoms with van der Waals surface area (Å²) in [5.41, 5.74) is 0.845. The van der Waals surface area contributed by atoms with Crippen LogP contribution in [0.3, 0.4) is 0 Å². The number of aromatic nitrogens is 2. The molecule has 2 aliphatic heterocycles. The number of hydrogen-bond acceptors (Lipinski definition) is 6. The first-order chi connectivity index (χ1) is 14.8. The number of ether oxygens (including phenoxy) is 1. The van der Waals surface area contributed by atoms with Crippen molar-refractivity contribution < 1.29 is 22.7 Å². The van der Waals surface area contributed by atoms with Crippen molar-refractivity contribution in [1.29, 1.82) is 0 Å². The fourth-order valence-corrected chi connectivity index (χ4v) is 5.41. The van der Waals surface area contributed by atoms with Gasteiger partial charge in [0.25, 0.3) is 15.9 Å². The highest BCUT2D eigenvalue weighted by Gasteiger charge is 2.40. The summed E-state index contributed by atoms with van der Waals surface area (Å²) in [6, 6.07) is 6.11. The molecule has 11 heteroatoms. The molecule has 1 atom stereocenters. The summed E-state index contributed by atoms with van der Waals surface area (Å²) in [6.45, 7) is 0.664. The second kappa shape index (κ2) is 7.34. The lowest BCUT2D eigenvalue weighted by molar-refractivity contribution is -0.117. The van der Waals surface area contributed by atoms with Crippen LogP contribution in [0.25, 0.3) is 0 Å². The van der Waals surface area contributed by atoms with Crippen LogP contribution in [-0.2, 0) is 21.9 Å². The van der Waals surface area contributed by atoms with Crippen molar-refractivity contribution in [3.05, 3.63) is 36.0 Å². The van der Waals surface area contributed by atoms with Gasteiger partial charge >= 0.3 is 0 Å². The number of sulfonamides is 1. The van der Waals surface area contributed by atoms with Gasteiger partial charge in [-0.1, -0.05) is 6.07 Å². The van der Waals surface area contributed by atoms with Gasteiger partial charge < -0.3 is 15.0 Å². The molecule has 2 aromatic rings. The summed E-state index contributed by atoms with van der Waals surface area (Å²) in [4.78, 5) is 27.1. The van der Waals surface area contributed by atoms with Crippen molar-refractivity contribution >= 4 is 27.5 Å². The van der Waals surface area contributed by atoms with E-state index in [2.05, 4.69) is 10.4 Å². The monoisotopic (exact) mass is 445 g/mol. The Kier molecular flexibility index (Phi) is 4.74. The number of rotatable bonds is 4. The number of piperazine rings is 1. The van der Waals surface area contributed by atoms with E-state index in [0.29, 0.717) is 17.0 Å². The fourth-order valence-electron chi connectivity index (χ4n) is 3.99. The van der Waals surface area contributed by atoms with E-state index in [9.17, 15) is 18.0 Å². The molecule has 164 valence electrons. The van der Waals surface area contributed by atoms with E-state index in [0.717, 1.165) is 12.8 Å². The number of carbonyl (C=O) groups excluding carboxylic acids is 2. The first-order valence-electron chi connectivity index (χ1n) is 10.2. The highest BCUT2D eigenvalue weighted by Crippen LogP contribution is 2.36. The number of nitrogens with zero attached hydrogens (tertiary/aromatic N) is 4. The molecule has 1 unspecified atom stereocenters. The van der Waals surface area contributed by atoms with Crippen molar-refractivity contribution in [3.8, 4) is 5.75 Å². The Morgan fingerprint density at radius 2 is 2.03 bits per heavy atom. The van der Waals surface area contributed by atoms with Gasteiger partial charge in [0.2, 0.25) is 5.91 Å². The van der Waals surface area contributed by atoms with Gasteiger partial charge in [-0.25, -0.2) is 8.42 Å². The Hall–Kier alpha value is -2.92. The van der Waals surface area contributed by atoms with Crippen molar-refractivity contribution in [3.63, 3.8) is 0 Å². The standard InChI is InChI=1S/C20H23N5O5S/c1-23-8-7-17(22-23)31(28,29)24-9-10-25-14(11-24)12-30-18-15(20(25)27)3-2-4-16(18)21-19(26)13-5-6-13/h2-4,7-8,13-14H,5-6,9-12H2,1H3,(H,21,26). The Morgan fingerprint density at radius 1 is 1.23 bits per heavy atom. The first kappa shape index (κ1) is 20.0. The first-order valence-corrected chi connectivity index (χ1v) is 11.7.